The molecule has 1 aliphatic heterocycles. The predicted octanol–water partition coefficient (Wildman–Crippen LogP) is 2.73. The summed E-state index contributed by atoms with van der Waals surface area (Å²) in [5.41, 5.74) is 0.756. The van der Waals surface area contributed by atoms with E-state index < -0.39 is 0 Å². The quantitative estimate of drug-likeness (QED) is 0.893. The molecule has 0 saturated carbocycles. The van der Waals surface area contributed by atoms with E-state index in [0.717, 1.165) is 42.8 Å². The molecule has 2 heterocycles. The van der Waals surface area contributed by atoms with Crippen molar-refractivity contribution in [2.75, 3.05) is 26.7 Å². The molecule has 1 aromatic rings. The highest BCUT2D eigenvalue weighted by Gasteiger charge is 2.18. The number of likely N-dealkylation sites (tertiary alicyclic amines) is 1. The Morgan fingerprint density at radius 1 is 1.45 bits per heavy atom. The van der Waals surface area contributed by atoms with Crippen LogP contribution in [0.3, 0.4) is 0 Å². The molecule has 20 heavy (non-hydrogen) atoms. The van der Waals surface area contributed by atoms with Crippen molar-refractivity contribution in [3.8, 4) is 0 Å². The molecule has 2 rings (SSSR count). The van der Waals surface area contributed by atoms with Gasteiger partial charge in [0.2, 0.25) is 0 Å². The molecule has 0 spiro atoms. The van der Waals surface area contributed by atoms with Crippen LogP contribution in [0.1, 0.15) is 36.7 Å². The smallest absolute Gasteiger partial charge is 0.267 e. The van der Waals surface area contributed by atoms with Crippen molar-refractivity contribution in [2.24, 2.45) is 5.92 Å². The number of carbonyl (C=O) groups excluding carboxylic acids is 1. The van der Waals surface area contributed by atoms with Crippen molar-refractivity contribution < 1.29 is 4.79 Å². The second kappa shape index (κ2) is 7.27. The van der Waals surface area contributed by atoms with Gasteiger partial charge in [0.15, 0.2) is 0 Å². The highest BCUT2D eigenvalue weighted by Crippen LogP contribution is 2.17. The lowest BCUT2D eigenvalue weighted by atomic mass is 9.97. The molecule has 4 nitrogen and oxygen atoms in total. The van der Waals surface area contributed by atoms with Gasteiger partial charge < -0.3 is 14.8 Å². The van der Waals surface area contributed by atoms with E-state index in [-0.39, 0.29) is 5.91 Å². The van der Waals surface area contributed by atoms with Crippen LogP contribution in [0.15, 0.2) is 16.7 Å². The molecule has 0 radical (unpaired) electrons. The average Bonchev–Trinajstić information content (AvgIpc) is 2.79. The van der Waals surface area contributed by atoms with Gasteiger partial charge in [0.25, 0.3) is 5.91 Å². The first-order valence-electron chi connectivity index (χ1n) is 7.42. The van der Waals surface area contributed by atoms with Crippen molar-refractivity contribution in [1.29, 1.82) is 0 Å². The fraction of sp³-hybridized carbons (Fsp3) is 0.667. The van der Waals surface area contributed by atoms with Gasteiger partial charge in [-0.2, -0.15) is 0 Å². The summed E-state index contributed by atoms with van der Waals surface area (Å²) in [4.78, 5) is 14.6. The Balaban J connectivity index is 1.88. The number of amides is 1. The maximum atomic E-state index is 12.3. The summed E-state index contributed by atoms with van der Waals surface area (Å²) in [5, 5.41) is 3.10. The van der Waals surface area contributed by atoms with Crippen LogP contribution >= 0.6 is 15.9 Å². The summed E-state index contributed by atoms with van der Waals surface area (Å²) < 4.78 is 2.99. The predicted molar refractivity (Wildman–Crippen MR) is 85.0 cm³/mol. The van der Waals surface area contributed by atoms with Gasteiger partial charge in [-0.05, 0) is 67.3 Å². The van der Waals surface area contributed by atoms with Crippen molar-refractivity contribution in [2.45, 2.75) is 32.7 Å². The lowest BCUT2D eigenvalue weighted by Gasteiger charge is -2.28. The third-order valence-electron chi connectivity index (χ3n) is 3.95. The first kappa shape index (κ1) is 15.6. The van der Waals surface area contributed by atoms with E-state index in [4.69, 9.17) is 0 Å². The highest BCUT2D eigenvalue weighted by molar-refractivity contribution is 9.10. The van der Waals surface area contributed by atoms with E-state index in [1.165, 1.54) is 12.8 Å². The number of carbonyl (C=O) groups is 1. The van der Waals surface area contributed by atoms with Gasteiger partial charge in [-0.1, -0.05) is 6.92 Å². The molecule has 0 atom stereocenters. The standard InChI is InChI=1S/C15H24BrN3O/c1-3-6-19-11-13(16)9-14(19)15(20)17-10-12-4-7-18(2)8-5-12/h9,11-12H,3-8,10H2,1-2H3,(H,17,20). The van der Waals surface area contributed by atoms with Gasteiger partial charge in [-0.15, -0.1) is 0 Å². The van der Waals surface area contributed by atoms with E-state index in [0.29, 0.717) is 5.92 Å². The summed E-state index contributed by atoms with van der Waals surface area (Å²) in [6.45, 7) is 6.06. The zero-order chi connectivity index (χ0) is 14.5. The van der Waals surface area contributed by atoms with Gasteiger partial charge in [-0.25, -0.2) is 0 Å². The molecule has 0 unspecified atom stereocenters. The van der Waals surface area contributed by atoms with Crippen molar-refractivity contribution in [3.05, 3.63) is 22.4 Å². The number of hydrogen-bond donors (Lipinski definition) is 1. The minimum atomic E-state index is 0.0445. The summed E-state index contributed by atoms with van der Waals surface area (Å²) in [6.07, 6.45) is 5.36. The number of nitrogens with zero attached hydrogens (tertiary/aromatic N) is 2. The second-order valence-corrected chi connectivity index (χ2v) is 6.61. The molecule has 112 valence electrons. The Morgan fingerprint density at radius 3 is 2.80 bits per heavy atom. The van der Waals surface area contributed by atoms with Gasteiger partial charge in [0.1, 0.15) is 5.69 Å². The van der Waals surface area contributed by atoms with Gasteiger partial charge in [0.05, 0.1) is 0 Å². The van der Waals surface area contributed by atoms with Crippen LogP contribution in [-0.2, 0) is 6.54 Å². The van der Waals surface area contributed by atoms with Crippen LogP contribution in [-0.4, -0.2) is 42.1 Å². The molecule has 1 fully saturated rings. The number of aryl methyl sites for hydroxylation is 1. The topological polar surface area (TPSA) is 37.3 Å². The summed E-state index contributed by atoms with van der Waals surface area (Å²) >= 11 is 3.45. The summed E-state index contributed by atoms with van der Waals surface area (Å²) in [5.74, 6) is 0.663. The lowest BCUT2D eigenvalue weighted by molar-refractivity contribution is 0.0929. The SMILES string of the molecule is CCCn1cc(Br)cc1C(=O)NCC1CCN(C)CC1. The van der Waals surface area contributed by atoms with Gasteiger partial charge in [0, 0.05) is 23.8 Å². The maximum Gasteiger partial charge on any atom is 0.267 e. The molecule has 1 aliphatic rings. The largest absolute Gasteiger partial charge is 0.350 e. The zero-order valence-corrected chi connectivity index (χ0v) is 13.9. The molecule has 1 aromatic heterocycles. The third-order valence-corrected chi connectivity index (χ3v) is 4.38. The summed E-state index contributed by atoms with van der Waals surface area (Å²) in [6, 6.07) is 1.90. The average molecular weight is 342 g/mol. The molecule has 0 bridgehead atoms. The monoisotopic (exact) mass is 341 g/mol. The number of piperidine rings is 1. The number of nitrogens with one attached hydrogen (secondary N) is 1. The van der Waals surface area contributed by atoms with Crippen LogP contribution in [0.2, 0.25) is 0 Å². The van der Waals surface area contributed by atoms with E-state index in [1.54, 1.807) is 0 Å². The maximum absolute atomic E-state index is 12.3. The minimum absolute atomic E-state index is 0.0445. The highest BCUT2D eigenvalue weighted by atomic mass is 79.9. The Hall–Kier alpha value is -0.810. The molecule has 0 aromatic carbocycles. The lowest BCUT2D eigenvalue weighted by Crippen LogP contribution is -2.37. The van der Waals surface area contributed by atoms with Gasteiger partial charge in [-0.3, -0.25) is 4.79 Å². The fourth-order valence-corrected chi connectivity index (χ4v) is 3.15. The van der Waals surface area contributed by atoms with E-state index in [2.05, 4.69) is 40.1 Å². The Bertz CT molecular complexity index is 450. The Labute approximate surface area is 129 Å². The van der Waals surface area contributed by atoms with Crippen LogP contribution in [0.25, 0.3) is 0 Å². The first-order valence-corrected chi connectivity index (χ1v) is 8.22. The van der Waals surface area contributed by atoms with Crippen LogP contribution in [0.4, 0.5) is 0 Å². The van der Waals surface area contributed by atoms with Crippen molar-refractivity contribution in [3.63, 3.8) is 0 Å². The molecule has 1 amide bonds. The molecular weight excluding hydrogens is 318 g/mol. The van der Waals surface area contributed by atoms with Gasteiger partial charge >= 0.3 is 0 Å². The summed E-state index contributed by atoms with van der Waals surface area (Å²) in [7, 11) is 2.16. The van der Waals surface area contributed by atoms with E-state index in [1.807, 2.05) is 16.8 Å². The Kier molecular flexibility index (Phi) is 5.66. The molecule has 1 saturated heterocycles. The third kappa shape index (κ3) is 4.09. The number of aromatic nitrogens is 1. The first-order chi connectivity index (χ1) is 9.60. The fourth-order valence-electron chi connectivity index (χ4n) is 2.68. The number of rotatable bonds is 5. The van der Waals surface area contributed by atoms with E-state index in [9.17, 15) is 4.79 Å². The minimum Gasteiger partial charge on any atom is -0.350 e. The van der Waals surface area contributed by atoms with E-state index >= 15 is 0 Å². The number of halogens is 1. The molecule has 0 aliphatic carbocycles. The van der Waals surface area contributed by atoms with Crippen LogP contribution in [0, 0.1) is 5.92 Å². The number of hydrogen-bond acceptors (Lipinski definition) is 2. The zero-order valence-electron chi connectivity index (χ0n) is 12.4. The van der Waals surface area contributed by atoms with Crippen LogP contribution in [0.5, 0.6) is 0 Å². The molecule has 1 N–H and O–H groups in total. The van der Waals surface area contributed by atoms with Crippen molar-refractivity contribution in [1.82, 2.24) is 14.8 Å². The van der Waals surface area contributed by atoms with Crippen LogP contribution < -0.4 is 5.32 Å². The normalized spacial score (nSPS) is 17.4. The molecular formula is C15H24BrN3O. The van der Waals surface area contributed by atoms with Crippen molar-refractivity contribution >= 4 is 21.8 Å². The molecule has 5 heteroatoms. The Morgan fingerprint density at radius 2 is 2.15 bits per heavy atom. The second-order valence-electron chi connectivity index (χ2n) is 5.69.